The van der Waals surface area contributed by atoms with Crippen LogP contribution in [0.25, 0.3) is 0 Å². The molecule has 104 valence electrons. The molecule has 0 saturated carbocycles. The molecule has 1 aliphatic carbocycles. The standard InChI is InChI=1S/C14H20N2O2S/c15-16-14(11-5-6-19(17,18)9-11)8-12-7-10-3-1-2-4-13(10)12/h1-4,11-12,14,16H,5-9,15H2. The summed E-state index contributed by atoms with van der Waals surface area (Å²) < 4.78 is 23.1. The highest BCUT2D eigenvalue weighted by molar-refractivity contribution is 7.91. The topological polar surface area (TPSA) is 72.2 Å². The van der Waals surface area contributed by atoms with Crippen LogP contribution < -0.4 is 11.3 Å². The first-order valence-electron chi connectivity index (χ1n) is 6.83. The fraction of sp³-hybridized carbons (Fsp3) is 0.571. The summed E-state index contributed by atoms with van der Waals surface area (Å²) in [6, 6.07) is 8.57. The monoisotopic (exact) mass is 280 g/mol. The smallest absolute Gasteiger partial charge is 0.150 e. The summed E-state index contributed by atoms with van der Waals surface area (Å²) in [7, 11) is -2.83. The quantitative estimate of drug-likeness (QED) is 0.637. The van der Waals surface area contributed by atoms with Gasteiger partial charge in [0.2, 0.25) is 0 Å². The molecule has 1 aromatic rings. The number of hydrazine groups is 1. The van der Waals surface area contributed by atoms with Crippen molar-refractivity contribution in [3.05, 3.63) is 35.4 Å². The maximum absolute atomic E-state index is 11.6. The molecular formula is C14H20N2O2S. The summed E-state index contributed by atoms with van der Waals surface area (Å²) in [6.07, 6.45) is 2.77. The molecule has 3 atom stereocenters. The van der Waals surface area contributed by atoms with Crippen LogP contribution in [-0.2, 0) is 16.3 Å². The highest BCUT2D eigenvalue weighted by Crippen LogP contribution is 2.39. The van der Waals surface area contributed by atoms with Gasteiger partial charge in [0.05, 0.1) is 11.5 Å². The van der Waals surface area contributed by atoms with Crippen molar-refractivity contribution >= 4 is 9.84 Å². The van der Waals surface area contributed by atoms with Gasteiger partial charge in [0.15, 0.2) is 9.84 Å². The molecule has 0 bridgehead atoms. The molecule has 3 rings (SSSR count). The second-order valence-electron chi connectivity index (χ2n) is 5.77. The molecule has 1 aromatic carbocycles. The average Bonchev–Trinajstić information content (AvgIpc) is 2.71. The molecule has 2 aliphatic rings. The average molecular weight is 280 g/mol. The predicted octanol–water partition coefficient (Wildman–Crippen LogP) is 0.983. The molecule has 1 heterocycles. The lowest BCUT2D eigenvalue weighted by molar-refractivity contribution is 0.332. The summed E-state index contributed by atoms with van der Waals surface area (Å²) in [5, 5.41) is 0. The Morgan fingerprint density at radius 1 is 1.37 bits per heavy atom. The molecule has 1 fully saturated rings. The van der Waals surface area contributed by atoms with Gasteiger partial charge >= 0.3 is 0 Å². The normalized spacial score (nSPS) is 29.5. The van der Waals surface area contributed by atoms with Crippen molar-refractivity contribution in [3.63, 3.8) is 0 Å². The molecular weight excluding hydrogens is 260 g/mol. The first-order valence-corrected chi connectivity index (χ1v) is 8.65. The maximum atomic E-state index is 11.6. The van der Waals surface area contributed by atoms with E-state index in [1.54, 1.807) is 0 Å². The molecule has 3 N–H and O–H groups in total. The Morgan fingerprint density at radius 2 is 2.16 bits per heavy atom. The molecule has 19 heavy (non-hydrogen) atoms. The summed E-state index contributed by atoms with van der Waals surface area (Å²) in [5.74, 6) is 6.95. The van der Waals surface area contributed by atoms with Crippen molar-refractivity contribution in [3.8, 4) is 0 Å². The van der Waals surface area contributed by atoms with Crippen molar-refractivity contribution in [1.29, 1.82) is 0 Å². The minimum Gasteiger partial charge on any atom is -0.271 e. The molecule has 0 radical (unpaired) electrons. The van der Waals surface area contributed by atoms with E-state index in [1.807, 2.05) is 0 Å². The molecule has 3 unspecified atom stereocenters. The van der Waals surface area contributed by atoms with Gasteiger partial charge in [-0.1, -0.05) is 24.3 Å². The lowest BCUT2D eigenvalue weighted by Gasteiger charge is -2.34. The minimum atomic E-state index is -2.83. The van der Waals surface area contributed by atoms with E-state index in [1.165, 1.54) is 11.1 Å². The summed E-state index contributed by atoms with van der Waals surface area (Å²) in [4.78, 5) is 0. The fourth-order valence-electron chi connectivity index (χ4n) is 3.42. The van der Waals surface area contributed by atoms with Gasteiger partial charge in [-0.05, 0) is 42.2 Å². The fourth-order valence-corrected chi connectivity index (χ4v) is 5.30. The number of benzene rings is 1. The summed E-state index contributed by atoms with van der Waals surface area (Å²) in [5.41, 5.74) is 5.67. The zero-order valence-corrected chi connectivity index (χ0v) is 11.7. The zero-order valence-electron chi connectivity index (χ0n) is 10.9. The van der Waals surface area contributed by atoms with E-state index in [0.29, 0.717) is 11.7 Å². The molecule has 5 heteroatoms. The number of fused-ring (bicyclic) bond motifs is 1. The highest BCUT2D eigenvalue weighted by atomic mass is 32.2. The third-order valence-electron chi connectivity index (χ3n) is 4.55. The highest BCUT2D eigenvalue weighted by Gasteiger charge is 2.36. The molecule has 1 aliphatic heterocycles. The van der Waals surface area contributed by atoms with E-state index in [4.69, 9.17) is 5.84 Å². The SMILES string of the molecule is NNC(CC1Cc2ccccc21)C1CCS(=O)(=O)C1. The van der Waals surface area contributed by atoms with E-state index in [2.05, 4.69) is 29.7 Å². The van der Waals surface area contributed by atoms with Gasteiger partial charge in [-0.3, -0.25) is 11.3 Å². The van der Waals surface area contributed by atoms with Crippen molar-refractivity contribution in [2.24, 2.45) is 11.8 Å². The van der Waals surface area contributed by atoms with Gasteiger partial charge in [0.25, 0.3) is 0 Å². The molecule has 1 saturated heterocycles. The molecule has 0 aromatic heterocycles. The Hall–Kier alpha value is -0.910. The van der Waals surface area contributed by atoms with Crippen LogP contribution in [0.15, 0.2) is 24.3 Å². The van der Waals surface area contributed by atoms with Crippen molar-refractivity contribution in [1.82, 2.24) is 5.43 Å². The van der Waals surface area contributed by atoms with E-state index in [9.17, 15) is 8.42 Å². The van der Waals surface area contributed by atoms with Gasteiger partial charge in [-0.25, -0.2) is 8.42 Å². The van der Waals surface area contributed by atoms with Gasteiger partial charge in [0.1, 0.15) is 0 Å². The Balaban J connectivity index is 1.66. The Bertz CT molecular complexity index is 571. The van der Waals surface area contributed by atoms with Crippen LogP contribution in [0.2, 0.25) is 0 Å². The van der Waals surface area contributed by atoms with Gasteiger partial charge in [0, 0.05) is 6.04 Å². The number of hydrogen-bond donors (Lipinski definition) is 2. The number of rotatable bonds is 4. The second kappa shape index (κ2) is 4.89. The van der Waals surface area contributed by atoms with Crippen molar-refractivity contribution in [2.45, 2.75) is 31.2 Å². The van der Waals surface area contributed by atoms with E-state index < -0.39 is 9.84 Å². The van der Waals surface area contributed by atoms with Crippen LogP contribution in [0.4, 0.5) is 0 Å². The van der Waals surface area contributed by atoms with Crippen LogP contribution in [0.5, 0.6) is 0 Å². The van der Waals surface area contributed by atoms with Crippen LogP contribution in [0, 0.1) is 5.92 Å². The third-order valence-corrected chi connectivity index (χ3v) is 6.34. The number of sulfone groups is 1. The Morgan fingerprint density at radius 3 is 2.79 bits per heavy atom. The van der Waals surface area contributed by atoms with Crippen molar-refractivity contribution < 1.29 is 8.42 Å². The van der Waals surface area contributed by atoms with Crippen LogP contribution in [-0.4, -0.2) is 26.0 Å². The molecule has 4 nitrogen and oxygen atoms in total. The molecule has 0 spiro atoms. The van der Waals surface area contributed by atoms with Gasteiger partial charge in [-0.15, -0.1) is 0 Å². The summed E-state index contributed by atoms with van der Waals surface area (Å²) in [6.45, 7) is 0. The third kappa shape index (κ3) is 2.55. The first-order chi connectivity index (χ1) is 9.09. The molecule has 0 amide bonds. The van der Waals surface area contributed by atoms with E-state index in [0.717, 1.165) is 19.3 Å². The minimum absolute atomic E-state index is 0.107. The second-order valence-corrected chi connectivity index (χ2v) is 8.00. The zero-order chi connectivity index (χ0) is 13.5. The maximum Gasteiger partial charge on any atom is 0.150 e. The number of nitrogens with two attached hydrogens (primary N) is 1. The van der Waals surface area contributed by atoms with Crippen LogP contribution in [0.1, 0.15) is 29.9 Å². The first kappa shape index (κ1) is 13.1. The number of hydrogen-bond acceptors (Lipinski definition) is 4. The summed E-state index contributed by atoms with van der Waals surface area (Å²) >= 11 is 0. The van der Waals surface area contributed by atoms with E-state index in [-0.39, 0.29) is 17.7 Å². The van der Waals surface area contributed by atoms with E-state index >= 15 is 0 Å². The van der Waals surface area contributed by atoms with Crippen LogP contribution >= 0.6 is 0 Å². The lowest BCUT2D eigenvalue weighted by Crippen LogP contribution is -2.43. The predicted molar refractivity (Wildman–Crippen MR) is 75.4 cm³/mol. The Labute approximate surface area is 114 Å². The van der Waals surface area contributed by atoms with Gasteiger partial charge in [-0.2, -0.15) is 0 Å². The lowest BCUT2D eigenvalue weighted by atomic mass is 9.73. The van der Waals surface area contributed by atoms with Crippen LogP contribution in [0.3, 0.4) is 0 Å². The van der Waals surface area contributed by atoms with Gasteiger partial charge < -0.3 is 0 Å². The Kier molecular flexibility index (Phi) is 3.37. The number of nitrogens with one attached hydrogen (secondary N) is 1. The largest absolute Gasteiger partial charge is 0.271 e. The van der Waals surface area contributed by atoms with Crippen molar-refractivity contribution in [2.75, 3.05) is 11.5 Å².